The van der Waals surface area contributed by atoms with Gasteiger partial charge in [-0.05, 0) is 55.3 Å². The van der Waals surface area contributed by atoms with Crippen LogP contribution >= 0.6 is 0 Å². The molecule has 0 aliphatic heterocycles. The van der Waals surface area contributed by atoms with E-state index in [2.05, 4.69) is 10.6 Å². The van der Waals surface area contributed by atoms with Gasteiger partial charge in [-0.3, -0.25) is 14.9 Å². The molecular formula is C27H31N3O3. The second-order valence-corrected chi connectivity index (χ2v) is 7.60. The Hall–Kier alpha value is -3.64. The summed E-state index contributed by atoms with van der Waals surface area (Å²) < 4.78 is 5.26. The summed E-state index contributed by atoms with van der Waals surface area (Å²) in [6.45, 7) is 5.29. The van der Waals surface area contributed by atoms with Crippen LogP contribution in [-0.4, -0.2) is 43.5 Å². The molecular weight excluding hydrogens is 414 g/mol. The summed E-state index contributed by atoms with van der Waals surface area (Å²) in [7, 11) is 1.64. The fourth-order valence-electron chi connectivity index (χ4n) is 3.69. The Morgan fingerprint density at radius 3 is 2.18 bits per heavy atom. The van der Waals surface area contributed by atoms with Crippen LogP contribution in [0.25, 0.3) is 0 Å². The highest BCUT2D eigenvalue weighted by molar-refractivity contribution is 5.97. The molecule has 33 heavy (non-hydrogen) atoms. The van der Waals surface area contributed by atoms with Gasteiger partial charge in [-0.2, -0.15) is 0 Å². The molecule has 6 nitrogen and oxygen atoms in total. The van der Waals surface area contributed by atoms with Crippen molar-refractivity contribution in [3.05, 3.63) is 95.6 Å². The van der Waals surface area contributed by atoms with E-state index in [0.29, 0.717) is 24.3 Å². The molecule has 0 saturated carbocycles. The molecule has 6 heteroatoms. The molecule has 0 radical (unpaired) electrons. The van der Waals surface area contributed by atoms with Gasteiger partial charge in [0, 0.05) is 24.3 Å². The van der Waals surface area contributed by atoms with Gasteiger partial charge in [-0.15, -0.1) is 0 Å². The van der Waals surface area contributed by atoms with Gasteiger partial charge in [0.1, 0.15) is 5.75 Å². The van der Waals surface area contributed by atoms with Gasteiger partial charge in [0.25, 0.3) is 5.91 Å². The van der Waals surface area contributed by atoms with Gasteiger partial charge in [-0.25, -0.2) is 0 Å². The van der Waals surface area contributed by atoms with Crippen LogP contribution < -0.4 is 15.4 Å². The maximum atomic E-state index is 12.7. The van der Waals surface area contributed by atoms with E-state index in [1.165, 1.54) is 0 Å². The number of rotatable bonds is 10. The minimum atomic E-state index is -0.183. The molecule has 2 amide bonds. The number of hydrogen-bond donors (Lipinski definition) is 2. The minimum absolute atomic E-state index is 0.0436. The van der Waals surface area contributed by atoms with Crippen LogP contribution in [0, 0.1) is 0 Å². The molecule has 0 aliphatic rings. The Morgan fingerprint density at radius 2 is 1.55 bits per heavy atom. The highest BCUT2D eigenvalue weighted by Crippen LogP contribution is 2.24. The second kappa shape index (κ2) is 11.8. The van der Waals surface area contributed by atoms with Crippen LogP contribution in [0.2, 0.25) is 0 Å². The van der Waals surface area contributed by atoms with E-state index in [1.54, 1.807) is 36.3 Å². The zero-order valence-electron chi connectivity index (χ0n) is 19.4. The number of hydrogen-bond acceptors (Lipinski definition) is 4. The number of nitrogens with zero attached hydrogens (tertiary/aromatic N) is 1. The van der Waals surface area contributed by atoms with E-state index >= 15 is 0 Å². The van der Waals surface area contributed by atoms with E-state index in [9.17, 15) is 9.59 Å². The number of ether oxygens (including phenoxy) is 1. The van der Waals surface area contributed by atoms with Crippen LogP contribution in [0.5, 0.6) is 5.75 Å². The highest BCUT2D eigenvalue weighted by Gasteiger charge is 2.16. The van der Waals surface area contributed by atoms with Crippen molar-refractivity contribution in [3.63, 3.8) is 0 Å². The van der Waals surface area contributed by atoms with Crippen LogP contribution in [-0.2, 0) is 4.79 Å². The van der Waals surface area contributed by atoms with E-state index < -0.39 is 0 Å². The topological polar surface area (TPSA) is 70.7 Å². The van der Waals surface area contributed by atoms with Crippen LogP contribution in [0.15, 0.2) is 78.9 Å². The predicted molar refractivity (Wildman–Crippen MR) is 132 cm³/mol. The number of carbonyl (C=O) groups excluding carboxylic acids is 2. The fourth-order valence-corrected chi connectivity index (χ4v) is 3.69. The first-order valence-electron chi connectivity index (χ1n) is 11.2. The zero-order chi connectivity index (χ0) is 23.6. The number of amides is 2. The standard InChI is InChI=1S/C27H31N3O3/c1-4-30(5-2)27(32)22-12-9-13-23(18-22)29-25(31)19-28-26(20-10-7-6-8-11-20)21-14-16-24(33-3)17-15-21/h6-18,26,28H,4-5,19H2,1-3H3,(H,29,31)/t26-/m1/s1. The van der Waals surface area contributed by atoms with Crippen molar-refractivity contribution in [2.24, 2.45) is 0 Å². The molecule has 0 fully saturated rings. The highest BCUT2D eigenvalue weighted by atomic mass is 16.5. The molecule has 0 bridgehead atoms. The van der Waals surface area contributed by atoms with E-state index in [1.807, 2.05) is 68.4 Å². The lowest BCUT2D eigenvalue weighted by Gasteiger charge is -2.20. The SMILES string of the molecule is CCN(CC)C(=O)c1cccc(NC(=O)CN[C@H](c2ccccc2)c2ccc(OC)cc2)c1. The van der Waals surface area contributed by atoms with Crippen molar-refractivity contribution in [1.29, 1.82) is 0 Å². The van der Waals surface area contributed by atoms with Gasteiger partial charge in [0.2, 0.25) is 5.91 Å². The monoisotopic (exact) mass is 445 g/mol. The number of anilines is 1. The molecule has 0 aromatic heterocycles. The third-order valence-electron chi connectivity index (χ3n) is 5.49. The second-order valence-electron chi connectivity index (χ2n) is 7.60. The minimum Gasteiger partial charge on any atom is -0.497 e. The fraction of sp³-hybridized carbons (Fsp3) is 0.259. The maximum Gasteiger partial charge on any atom is 0.253 e. The first kappa shape index (κ1) is 24.0. The summed E-state index contributed by atoms with van der Waals surface area (Å²) in [6.07, 6.45) is 0. The van der Waals surface area contributed by atoms with Crippen molar-refractivity contribution < 1.29 is 14.3 Å². The summed E-state index contributed by atoms with van der Waals surface area (Å²) in [6, 6.07) is 24.7. The lowest BCUT2D eigenvalue weighted by molar-refractivity contribution is -0.115. The smallest absolute Gasteiger partial charge is 0.253 e. The molecule has 0 saturated heterocycles. The molecule has 172 valence electrons. The summed E-state index contributed by atoms with van der Waals surface area (Å²) in [5, 5.41) is 6.25. The molecule has 2 N–H and O–H groups in total. The average Bonchev–Trinajstić information content (AvgIpc) is 2.86. The van der Waals surface area contributed by atoms with E-state index in [-0.39, 0.29) is 24.4 Å². The summed E-state index contributed by atoms with van der Waals surface area (Å²) in [5.74, 6) is 0.553. The number of benzene rings is 3. The molecule has 3 aromatic rings. The van der Waals surface area contributed by atoms with E-state index in [4.69, 9.17) is 4.74 Å². The Bertz CT molecular complexity index is 1050. The quantitative estimate of drug-likeness (QED) is 0.482. The van der Waals surface area contributed by atoms with Gasteiger partial charge >= 0.3 is 0 Å². The lowest BCUT2D eigenvalue weighted by atomic mass is 9.98. The maximum absolute atomic E-state index is 12.7. The third kappa shape index (κ3) is 6.43. The zero-order valence-corrected chi connectivity index (χ0v) is 19.4. The van der Waals surface area contributed by atoms with Gasteiger partial charge < -0.3 is 15.0 Å². The first-order chi connectivity index (χ1) is 16.0. The summed E-state index contributed by atoms with van der Waals surface area (Å²) in [4.78, 5) is 27.1. The summed E-state index contributed by atoms with van der Waals surface area (Å²) >= 11 is 0. The molecule has 3 aromatic carbocycles. The van der Waals surface area contributed by atoms with Crippen molar-refractivity contribution in [2.75, 3.05) is 32.1 Å². The molecule has 0 heterocycles. The average molecular weight is 446 g/mol. The van der Waals surface area contributed by atoms with Crippen LogP contribution in [0.1, 0.15) is 41.4 Å². The molecule has 1 atom stereocenters. The lowest BCUT2D eigenvalue weighted by Crippen LogP contribution is -2.32. The van der Waals surface area contributed by atoms with Crippen molar-refractivity contribution in [2.45, 2.75) is 19.9 Å². The van der Waals surface area contributed by atoms with Crippen LogP contribution in [0.4, 0.5) is 5.69 Å². The van der Waals surface area contributed by atoms with E-state index in [0.717, 1.165) is 16.9 Å². The Labute approximate surface area is 195 Å². The van der Waals surface area contributed by atoms with Gasteiger partial charge in [0.05, 0.1) is 19.7 Å². The number of nitrogens with one attached hydrogen (secondary N) is 2. The van der Waals surface area contributed by atoms with Crippen molar-refractivity contribution in [1.82, 2.24) is 10.2 Å². The third-order valence-corrected chi connectivity index (χ3v) is 5.49. The summed E-state index contributed by atoms with van der Waals surface area (Å²) in [5.41, 5.74) is 3.24. The predicted octanol–water partition coefficient (Wildman–Crippen LogP) is 4.49. The van der Waals surface area contributed by atoms with Crippen molar-refractivity contribution >= 4 is 17.5 Å². The van der Waals surface area contributed by atoms with Gasteiger partial charge in [-0.1, -0.05) is 48.5 Å². The largest absolute Gasteiger partial charge is 0.497 e. The van der Waals surface area contributed by atoms with Crippen LogP contribution in [0.3, 0.4) is 0 Å². The Balaban J connectivity index is 1.69. The number of methoxy groups -OCH3 is 1. The number of carbonyl (C=O) groups is 2. The molecule has 0 aliphatic carbocycles. The normalized spacial score (nSPS) is 11.5. The molecule has 3 rings (SSSR count). The molecule has 0 unspecified atom stereocenters. The first-order valence-corrected chi connectivity index (χ1v) is 11.2. The van der Waals surface area contributed by atoms with Crippen molar-refractivity contribution in [3.8, 4) is 5.75 Å². The Kier molecular flexibility index (Phi) is 8.61. The van der Waals surface area contributed by atoms with Gasteiger partial charge in [0.15, 0.2) is 0 Å². The molecule has 0 spiro atoms. The Morgan fingerprint density at radius 1 is 0.879 bits per heavy atom.